The number of rotatable bonds is 6. The first-order valence-electron chi connectivity index (χ1n) is 6.59. The van der Waals surface area contributed by atoms with Gasteiger partial charge in [0.15, 0.2) is 11.6 Å². The highest BCUT2D eigenvalue weighted by atomic mass is 19.1. The first kappa shape index (κ1) is 13.7. The standard InChI is InChI=1S/C13H18FN3O2/c1-3-10-12(14)13(16-8-15-10)17(9-5-6-9)7-11(18)19-4-2/h8-9H,3-7H2,1-2H3. The Balaban J connectivity index is 2.21. The number of carbonyl (C=O) groups is 1. The maximum absolute atomic E-state index is 14.2. The van der Waals surface area contributed by atoms with Crippen LogP contribution in [-0.2, 0) is 16.0 Å². The second-order valence-corrected chi connectivity index (χ2v) is 4.48. The van der Waals surface area contributed by atoms with E-state index in [9.17, 15) is 9.18 Å². The number of hydrogen-bond donors (Lipinski definition) is 0. The molecule has 1 saturated carbocycles. The topological polar surface area (TPSA) is 55.3 Å². The molecule has 0 unspecified atom stereocenters. The number of nitrogens with zero attached hydrogens (tertiary/aromatic N) is 3. The van der Waals surface area contributed by atoms with Gasteiger partial charge in [0.1, 0.15) is 12.9 Å². The van der Waals surface area contributed by atoms with Gasteiger partial charge in [-0.2, -0.15) is 0 Å². The smallest absolute Gasteiger partial charge is 0.325 e. The molecule has 0 aromatic carbocycles. The Hall–Kier alpha value is -1.72. The Morgan fingerprint density at radius 3 is 2.79 bits per heavy atom. The van der Waals surface area contributed by atoms with Gasteiger partial charge in [-0.25, -0.2) is 14.4 Å². The zero-order valence-electron chi connectivity index (χ0n) is 11.2. The van der Waals surface area contributed by atoms with Crippen LogP contribution in [0, 0.1) is 5.82 Å². The van der Waals surface area contributed by atoms with Crippen molar-refractivity contribution in [2.24, 2.45) is 0 Å². The molecule has 19 heavy (non-hydrogen) atoms. The van der Waals surface area contributed by atoms with Gasteiger partial charge in [0.05, 0.1) is 12.3 Å². The van der Waals surface area contributed by atoms with E-state index >= 15 is 0 Å². The van der Waals surface area contributed by atoms with Crippen molar-refractivity contribution in [1.29, 1.82) is 0 Å². The Labute approximate surface area is 111 Å². The average molecular weight is 267 g/mol. The number of ether oxygens (including phenoxy) is 1. The second kappa shape index (κ2) is 5.95. The van der Waals surface area contributed by atoms with E-state index in [4.69, 9.17) is 4.74 Å². The monoisotopic (exact) mass is 267 g/mol. The van der Waals surface area contributed by atoms with Gasteiger partial charge in [-0.1, -0.05) is 6.92 Å². The minimum absolute atomic E-state index is 0.0373. The van der Waals surface area contributed by atoms with Crippen molar-refractivity contribution in [3.63, 3.8) is 0 Å². The average Bonchev–Trinajstić information content (AvgIpc) is 3.21. The maximum atomic E-state index is 14.2. The van der Waals surface area contributed by atoms with Gasteiger partial charge >= 0.3 is 5.97 Å². The number of anilines is 1. The minimum Gasteiger partial charge on any atom is -0.465 e. The molecule has 1 aromatic heterocycles. The van der Waals surface area contributed by atoms with Crippen molar-refractivity contribution in [2.45, 2.75) is 39.2 Å². The molecule has 1 aromatic rings. The summed E-state index contributed by atoms with van der Waals surface area (Å²) in [7, 11) is 0. The van der Waals surface area contributed by atoms with Gasteiger partial charge in [0.25, 0.3) is 0 Å². The molecule has 1 aliphatic carbocycles. The van der Waals surface area contributed by atoms with Gasteiger partial charge in [0.2, 0.25) is 0 Å². The van der Waals surface area contributed by atoms with Crippen molar-refractivity contribution < 1.29 is 13.9 Å². The zero-order chi connectivity index (χ0) is 13.8. The normalized spacial score (nSPS) is 14.3. The van der Waals surface area contributed by atoms with Crippen LogP contribution in [0.1, 0.15) is 32.4 Å². The highest BCUT2D eigenvalue weighted by molar-refractivity contribution is 5.75. The predicted molar refractivity (Wildman–Crippen MR) is 68.4 cm³/mol. The molecule has 0 atom stereocenters. The van der Waals surface area contributed by atoms with E-state index < -0.39 is 5.82 Å². The molecule has 1 heterocycles. The van der Waals surface area contributed by atoms with E-state index in [0.717, 1.165) is 12.8 Å². The molecular formula is C13H18FN3O2. The van der Waals surface area contributed by atoms with Crippen LogP contribution in [0.15, 0.2) is 6.33 Å². The molecule has 5 nitrogen and oxygen atoms in total. The molecular weight excluding hydrogens is 249 g/mol. The van der Waals surface area contributed by atoms with Crippen LogP contribution in [0.2, 0.25) is 0 Å². The Kier molecular flexibility index (Phi) is 4.29. The molecule has 1 fully saturated rings. The summed E-state index contributed by atoms with van der Waals surface area (Å²) in [5, 5.41) is 0. The molecule has 1 aliphatic rings. The quantitative estimate of drug-likeness (QED) is 0.734. The summed E-state index contributed by atoms with van der Waals surface area (Å²) in [5.41, 5.74) is 0.375. The molecule has 0 aliphatic heterocycles. The van der Waals surface area contributed by atoms with Crippen LogP contribution in [0.3, 0.4) is 0 Å². The number of halogens is 1. The molecule has 2 rings (SSSR count). The lowest BCUT2D eigenvalue weighted by Gasteiger charge is -2.23. The van der Waals surface area contributed by atoms with E-state index in [0.29, 0.717) is 18.7 Å². The van der Waals surface area contributed by atoms with Crippen molar-refractivity contribution >= 4 is 11.8 Å². The number of aromatic nitrogens is 2. The van der Waals surface area contributed by atoms with Gasteiger partial charge in [-0.05, 0) is 26.2 Å². The number of aryl methyl sites for hydroxylation is 1. The maximum Gasteiger partial charge on any atom is 0.325 e. The lowest BCUT2D eigenvalue weighted by molar-refractivity contribution is -0.141. The fourth-order valence-electron chi connectivity index (χ4n) is 1.95. The molecule has 0 N–H and O–H groups in total. The third kappa shape index (κ3) is 3.19. The van der Waals surface area contributed by atoms with Crippen LogP contribution >= 0.6 is 0 Å². The molecule has 0 saturated heterocycles. The summed E-state index contributed by atoms with van der Waals surface area (Å²) in [6.07, 6.45) is 3.74. The van der Waals surface area contributed by atoms with E-state index in [2.05, 4.69) is 9.97 Å². The molecule has 6 heteroatoms. The van der Waals surface area contributed by atoms with Crippen LogP contribution < -0.4 is 4.90 Å². The highest BCUT2D eigenvalue weighted by Crippen LogP contribution is 2.32. The molecule has 0 radical (unpaired) electrons. The number of hydrogen-bond acceptors (Lipinski definition) is 5. The lowest BCUT2D eigenvalue weighted by Crippen LogP contribution is -2.34. The van der Waals surface area contributed by atoms with E-state index in [1.54, 1.807) is 11.8 Å². The Morgan fingerprint density at radius 1 is 1.47 bits per heavy atom. The van der Waals surface area contributed by atoms with Crippen LogP contribution in [0.4, 0.5) is 10.2 Å². The second-order valence-electron chi connectivity index (χ2n) is 4.48. The summed E-state index contributed by atoms with van der Waals surface area (Å²) in [4.78, 5) is 21.2. The van der Waals surface area contributed by atoms with Gasteiger partial charge in [-0.3, -0.25) is 4.79 Å². The largest absolute Gasteiger partial charge is 0.465 e. The van der Waals surface area contributed by atoms with Gasteiger partial charge < -0.3 is 9.64 Å². The molecule has 0 amide bonds. The highest BCUT2D eigenvalue weighted by Gasteiger charge is 2.33. The van der Waals surface area contributed by atoms with E-state index in [-0.39, 0.29) is 24.4 Å². The van der Waals surface area contributed by atoms with Crippen molar-refractivity contribution in [1.82, 2.24) is 9.97 Å². The lowest BCUT2D eigenvalue weighted by atomic mass is 10.3. The van der Waals surface area contributed by atoms with Crippen LogP contribution in [0.25, 0.3) is 0 Å². The third-order valence-electron chi connectivity index (χ3n) is 3.04. The summed E-state index contributed by atoms with van der Waals surface area (Å²) >= 11 is 0. The summed E-state index contributed by atoms with van der Waals surface area (Å²) in [5.74, 6) is -0.575. The van der Waals surface area contributed by atoms with Crippen molar-refractivity contribution in [3.05, 3.63) is 17.8 Å². The van der Waals surface area contributed by atoms with Crippen LogP contribution in [0.5, 0.6) is 0 Å². The molecule has 0 spiro atoms. The third-order valence-corrected chi connectivity index (χ3v) is 3.04. The van der Waals surface area contributed by atoms with Crippen LogP contribution in [-0.4, -0.2) is 35.1 Å². The number of esters is 1. The Morgan fingerprint density at radius 2 is 2.21 bits per heavy atom. The van der Waals surface area contributed by atoms with Crippen molar-refractivity contribution in [2.75, 3.05) is 18.1 Å². The van der Waals surface area contributed by atoms with Crippen molar-refractivity contribution in [3.8, 4) is 0 Å². The van der Waals surface area contributed by atoms with E-state index in [1.807, 2.05) is 6.92 Å². The van der Waals surface area contributed by atoms with E-state index in [1.165, 1.54) is 6.33 Å². The fourth-order valence-corrected chi connectivity index (χ4v) is 1.95. The first-order chi connectivity index (χ1) is 9.17. The van der Waals surface area contributed by atoms with Gasteiger partial charge in [-0.15, -0.1) is 0 Å². The summed E-state index contributed by atoms with van der Waals surface area (Å²) in [6.45, 7) is 3.95. The molecule has 104 valence electrons. The zero-order valence-corrected chi connectivity index (χ0v) is 11.2. The first-order valence-corrected chi connectivity index (χ1v) is 6.59. The molecule has 0 bridgehead atoms. The fraction of sp³-hybridized carbons (Fsp3) is 0.615. The predicted octanol–water partition coefficient (Wildman–Crippen LogP) is 1.71. The van der Waals surface area contributed by atoms with Gasteiger partial charge in [0, 0.05) is 6.04 Å². The minimum atomic E-state index is -0.429. The summed E-state index contributed by atoms with van der Waals surface area (Å²) < 4.78 is 19.2. The summed E-state index contributed by atoms with van der Waals surface area (Å²) in [6, 6.07) is 0.179. The Bertz CT molecular complexity index is 463. The number of carbonyl (C=O) groups excluding carboxylic acids is 1. The SMILES string of the molecule is CCOC(=O)CN(c1ncnc(CC)c1F)C1CC1.